The number of nitrogens with one attached hydrogen (secondary N) is 1. The first kappa shape index (κ1) is 18.2. The number of carbonyl (C=O) groups is 2. The molecule has 0 saturated heterocycles. The first-order chi connectivity index (χ1) is 10.5. The van der Waals surface area contributed by atoms with Gasteiger partial charge in [-0.25, -0.2) is 0 Å². The van der Waals surface area contributed by atoms with Crippen molar-refractivity contribution in [3.05, 3.63) is 29.3 Å². The van der Waals surface area contributed by atoms with Crippen molar-refractivity contribution >= 4 is 17.5 Å². The molecule has 1 aromatic rings. The molecule has 0 aromatic heterocycles. The largest absolute Gasteiger partial charge is 0.385 e. The second-order valence-electron chi connectivity index (χ2n) is 5.40. The summed E-state index contributed by atoms with van der Waals surface area (Å²) in [5.74, 6) is -0.0951. The van der Waals surface area contributed by atoms with E-state index in [1.807, 2.05) is 32.0 Å². The third-order valence-electron chi connectivity index (χ3n) is 3.71. The van der Waals surface area contributed by atoms with Gasteiger partial charge < -0.3 is 15.0 Å². The lowest BCUT2D eigenvalue weighted by atomic mass is 10.1. The van der Waals surface area contributed by atoms with Crippen LogP contribution in [-0.2, 0) is 14.3 Å². The number of rotatable bonds is 8. The maximum atomic E-state index is 12.1. The van der Waals surface area contributed by atoms with Crippen molar-refractivity contribution < 1.29 is 14.3 Å². The number of aryl methyl sites for hydroxylation is 1. The maximum absolute atomic E-state index is 12.1. The topological polar surface area (TPSA) is 58.6 Å². The minimum Gasteiger partial charge on any atom is -0.385 e. The fraction of sp³-hybridized carbons (Fsp3) is 0.529. The third kappa shape index (κ3) is 5.85. The van der Waals surface area contributed by atoms with Crippen molar-refractivity contribution in [2.24, 2.45) is 0 Å². The molecule has 0 radical (unpaired) electrons. The summed E-state index contributed by atoms with van der Waals surface area (Å²) in [4.78, 5) is 25.3. The van der Waals surface area contributed by atoms with Crippen LogP contribution in [-0.4, -0.2) is 43.5 Å². The van der Waals surface area contributed by atoms with Gasteiger partial charge >= 0.3 is 0 Å². The number of carbonyl (C=O) groups excluding carboxylic acids is 2. The van der Waals surface area contributed by atoms with E-state index >= 15 is 0 Å². The number of nitrogens with zero attached hydrogens (tertiary/aromatic N) is 1. The van der Waals surface area contributed by atoms with Gasteiger partial charge in [-0.15, -0.1) is 0 Å². The molecule has 5 nitrogen and oxygen atoms in total. The lowest BCUT2D eigenvalue weighted by molar-refractivity contribution is -0.129. The Balaban J connectivity index is 2.49. The minimum absolute atomic E-state index is 0.0179. The molecule has 0 atom stereocenters. The third-order valence-corrected chi connectivity index (χ3v) is 3.71. The van der Waals surface area contributed by atoms with E-state index < -0.39 is 0 Å². The molecule has 0 aliphatic carbocycles. The zero-order chi connectivity index (χ0) is 16.5. The van der Waals surface area contributed by atoms with Gasteiger partial charge in [-0.05, 0) is 37.5 Å². The van der Waals surface area contributed by atoms with E-state index in [1.165, 1.54) is 6.92 Å². The molecular formula is C17H26N2O3. The Morgan fingerprint density at radius 2 is 1.95 bits per heavy atom. The van der Waals surface area contributed by atoms with Crippen LogP contribution in [0.5, 0.6) is 0 Å². The van der Waals surface area contributed by atoms with Gasteiger partial charge in [-0.3, -0.25) is 9.59 Å². The Kier molecular flexibility index (Phi) is 7.60. The highest BCUT2D eigenvalue weighted by Gasteiger charge is 2.12. The molecule has 0 spiro atoms. The van der Waals surface area contributed by atoms with E-state index in [-0.39, 0.29) is 11.8 Å². The summed E-state index contributed by atoms with van der Waals surface area (Å²) in [6, 6.07) is 5.82. The molecule has 0 unspecified atom stereocenters. The van der Waals surface area contributed by atoms with Gasteiger partial charge in [0.25, 0.3) is 0 Å². The van der Waals surface area contributed by atoms with Gasteiger partial charge in [0, 0.05) is 45.8 Å². The highest BCUT2D eigenvalue weighted by molar-refractivity contribution is 5.92. The van der Waals surface area contributed by atoms with E-state index in [2.05, 4.69) is 5.32 Å². The minimum atomic E-state index is -0.0771. The second kappa shape index (κ2) is 9.20. The zero-order valence-electron chi connectivity index (χ0n) is 13.9. The number of benzene rings is 1. The summed E-state index contributed by atoms with van der Waals surface area (Å²) in [5, 5.41) is 2.91. The first-order valence-electron chi connectivity index (χ1n) is 7.56. The molecule has 0 bridgehead atoms. The summed E-state index contributed by atoms with van der Waals surface area (Å²) >= 11 is 0. The predicted molar refractivity (Wildman–Crippen MR) is 87.9 cm³/mol. The number of hydrogen-bond donors (Lipinski definition) is 1. The molecule has 0 aliphatic heterocycles. The number of amides is 2. The molecule has 1 N–H and O–H groups in total. The predicted octanol–water partition coefficient (Wildman–Crippen LogP) is 2.52. The van der Waals surface area contributed by atoms with Crippen molar-refractivity contribution in [3.63, 3.8) is 0 Å². The molecule has 22 heavy (non-hydrogen) atoms. The maximum Gasteiger partial charge on any atom is 0.226 e. The highest BCUT2D eigenvalue weighted by Crippen LogP contribution is 2.18. The second-order valence-corrected chi connectivity index (χ2v) is 5.40. The summed E-state index contributed by atoms with van der Waals surface area (Å²) in [7, 11) is 1.63. The van der Waals surface area contributed by atoms with Gasteiger partial charge in [0.05, 0.1) is 0 Å². The lowest BCUT2D eigenvalue weighted by Gasteiger charge is -2.20. The molecular weight excluding hydrogens is 280 g/mol. The number of anilines is 1. The van der Waals surface area contributed by atoms with Gasteiger partial charge in [-0.2, -0.15) is 0 Å². The summed E-state index contributed by atoms with van der Waals surface area (Å²) in [6.07, 6.45) is 1.06. The number of hydrogen-bond acceptors (Lipinski definition) is 3. The van der Waals surface area contributed by atoms with E-state index in [0.29, 0.717) is 26.1 Å². The van der Waals surface area contributed by atoms with Crippen molar-refractivity contribution in [2.45, 2.75) is 33.6 Å². The van der Waals surface area contributed by atoms with Crippen LogP contribution < -0.4 is 5.32 Å². The van der Waals surface area contributed by atoms with Gasteiger partial charge in [0.2, 0.25) is 11.8 Å². The Hall–Kier alpha value is -1.88. The standard InChI is InChI=1S/C17H26N2O3/c1-13-7-5-8-16(14(13)2)18-17(21)9-11-19(15(3)20)10-6-12-22-4/h5,7-8H,6,9-12H2,1-4H3,(H,18,21). The van der Waals surface area contributed by atoms with Crippen LogP contribution in [0.15, 0.2) is 18.2 Å². The van der Waals surface area contributed by atoms with Crippen molar-refractivity contribution in [1.29, 1.82) is 0 Å². The van der Waals surface area contributed by atoms with Crippen LogP contribution in [0.4, 0.5) is 5.69 Å². The molecule has 0 aliphatic rings. The fourth-order valence-electron chi connectivity index (χ4n) is 2.16. The molecule has 122 valence electrons. The van der Waals surface area contributed by atoms with E-state index in [1.54, 1.807) is 12.0 Å². The molecule has 1 aromatic carbocycles. The summed E-state index contributed by atoms with van der Waals surface area (Å²) in [5.41, 5.74) is 3.04. The van der Waals surface area contributed by atoms with Crippen LogP contribution in [0.2, 0.25) is 0 Å². The Bertz CT molecular complexity index is 515. The molecule has 0 saturated carbocycles. The van der Waals surface area contributed by atoms with Crippen LogP contribution in [0.25, 0.3) is 0 Å². The fourth-order valence-corrected chi connectivity index (χ4v) is 2.16. The average Bonchev–Trinajstić information content (AvgIpc) is 2.47. The van der Waals surface area contributed by atoms with Crippen LogP contribution in [0, 0.1) is 13.8 Å². The molecule has 1 rings (SSSR count). The monoisotopic (exact) mass is 306 g/mol. The smallest absolute Gasteiger partial charge is 0.226 e. The summed E-state index contributed by atoms with van der Waals surface area (Å²) < 4.78 is 4.98. The Morgan fingerprint density at radius 1 is 1.23 bits per heavy atom. The molecule has 2 amide bonds. The van der Waals surface area contributed by atoms with Crippen LogP contribution >= 0.6 is 0 Å². The quantitative estimate of drug-likeness (QED) is 0.751. The summed E-state index contributed by atoms with van der Waals surface area (Å²) in [6.45, 7) is 7.17. The number of methoxy groups -OCH3 is 1. The zero-order valence-corrected chi connectivity index (χ0v) is 13.9. The van der Waals surface area contributed by atoms with E-state index in [0.717, 1.165) is 23.2 Å². The lowest BCUT2D eigenvalue weighted by Crippen LogP contribution is -2.33. The van der Waals surface area contributed by atoms with E-state index in [9.17, 15) is 9.59 Å². The van der Waals surface area contributed by atoms with Crippen molar-refractivity contribution in [3.8, 4) is 0 Å². The molecule has 0 fully saturated rings. The van der Waals surface area contributed by atoms with E-state index in [4.69, 9.17) is 4.74 Å². The molecule has 0 heterocycles. The van der Waals surface area contributed by atoms with Crippen LogP contribution in [0.1, 0.15) is 30.9 Å². The van der Waals surface area contributed by atoms with Crippen LogP contribution in [0.3, 0.4) is 0 Å². The first-order valence-corrected chi connectivity index (χ1v) is 7.56. The Morgan fingerprint density at radius 3 is 2.59 bits per heavy atom. The molecule has 5 heteroatoms. The SMILES string of the molecule is COCCCN(CCC(=O)Nc1cccc(C)c1C)C(C)=O. The van der Waals surface area contributed by atoms with Gasteiger partial charge in [0.1, 0.15) is 0 Å². The van der Waals surface area contributed by atoms with Crippen molar-refractivity contribution in [2.75, 3.05) is 32.1 Å². The average molecular weight is 306 g/mol. The van der Waals surface area contributed by atoms with Gasteiger partial charge in [-0.1, -0.05) is 12.1 Å². The normalized spacial score (nSPS) is 10.4. The van der Waals surface area contributed by atoms with Gasteiger partial charge in [0.15, 0.2) is 0 Å². The highest BCUT2D eigenvalue weighted by atomic mass is 16.5. The van der Waals surface area contributed by atoms with Crippen molar-refractivity contribution in [1.82, 2.24) is 4.90 Å². The number of ether oxygens (including phenoxy) is 1. The Labute approximate surface area is 132 Å².